The van der Waals surface area contributed by atoms with Crippen LogP contribution in [0.5, 0.6) is 0 Å². The second-order valence-corrected chi connectivity index (χ2v) is 4.99. The molecule has 2 rings (SSSR count). The quantitative estimate of drug-likeness (QED) is 0.854. The van der Waals surface area contributed by atoms with Gasteiger partial charge in [-0.15, -0.1) is 0 Å². The van der Waals surface area contributed by atoms with Gasteiger partial charge in [0.25, 0.3) is 0 Å². The van der Waals surface area contributed by atoms with Crippen molar-refractivity contribution in [1.82, 2.24) is 14.9 Å². The summed E-state index contributed by atoms with van der Waals surface area (Å²) in [7, 11) is 0. The fourth-order valence-electron chi connectivity index (χ4n) is 1.73. The lowest BCUT2D eigenvalue weighted by Crippen LogP contribution is -2.11. The average molecular weight is 330 g/mol. The van der Waals surface area contributed by atoms with Gasteiger partial charge in [-0.3, -0.25) is 0 Å². The Kier molecular flexibility index (Phi) is 4.66. The Morgan fingerprint density at radius 3 is 2.89 bits per heavy atom. The van der Waals surface area contributed by atoms with Gasteiger partial charge in [0, 0.05) is 18.3 Å². The molecule has 0 spiro atoms. The molecule has 102 valence electrons. The van der Waals surface area contributed by atoms with Gasteiger partial charge in [0.05, 0.1) is 23.0 Å². The topological polar surface area (TPSA) is 29.9 Å². The van der Waals surface area contributed by atoms with Gasteiger partial charge in [-0.25, -0.2) is 13.8 Å². The zero-order chi connectivity index (χ0) is 13.8. The Morgan fingerprint density at radius 2 is 2.16 bits per heavy atom. The molecule has 19 heavy (non-hydrogen) atoms. The molecule has 2 aromatic rings. The van der Waals surface area contributed by atoms with Crippen LogP contribution in [0.2, 0.25) is 0 Å². The van der Waals surface area contributed by atoms with E-state index in [0.29, 0.717) is 6.54 Å². The van der Waals surface area contributed by atoms with Crippen LogP contribution in [0.4, 0.5) is 8.78 Å². The van der Waals surface area contributed by atoms with Crippen molar-refractivity contribution in [2.75, 3.05) is 6.54 Å². The SMILES string of the molecule is CCNCc1cn(Cc2c(F)ccc(Br)c2F)cn1. The minimum absolute atomic E-state index is 0.0294. The van der Waals surface area contributed by atoms with E-state index in [1.165, 1.54) is 12.1 Å². The summed E-state index contributed by atoms with van der Waals surface area (Å²) in [5.74, 6) is -1.12. The third-order valence-electron chi connectivity index (χ3n) is 2.72. The summed E-state index contributed by atoms with van der Waals surface area (Å²) in [6, 6.07) is 2.61. The molecule has 1 N–H and O–H groups in total. The number of nitrogens with zero attached hydrogens (tertiary/aromatic N) is 2. The smallest absolute Gasteiger partial charge is 0.145 e. The van der Waals surface area contributed by atoms with Crippen molar-refractivity contribution in [3.8, 4) is 0 Å². The Morgan fingerprint density at radius 1 is 1.37 bits per heavy atom. The van der Waals surface area contributed by atoms with Crippen LogP contribution in [0.15, 0.2) is 29.1 Å². The largest absolute Gasteiger partial charge is 0.333 e. The number of nitrogens with one attached hydrogen (secondary N) is 1. The lowest BCUT2D eigenvalue weighted by molar-refractivity contribution is 0.540. The molecule has 1 aromatic heterocycles. The second-order valence-electron chi connectivity index (χ2n) is 4.14. The van der Waals surface area contributed by atoms with E-state index in [0.717, 1.165) is 12.2 Å². The van der Waals surface area contributed by atoms with Crippen molar-refractivity contribution in [3.63, 3.8) is 0 Å². The van der Waals surface area contributed by atoms with Crippen LogP contribution in [0, 0.1) is 11.6 Å². The molecular weight excluding hydrogens is 316 g/mol. The second kappa shape index (κ2) is 6.25. The molecule has 0 aliphatic heterocycles. The van der Waals surface area contributed by atoms with Crippen LogP contribution in [-0.2, 0) is 13.1 Å². The highest BCUT2D eigenvalue weighted by Crippen LogP contribution is 2.22. The van der Waals surface area contributed by atoms with E-state index in [-0.39, 0.29) is 16.6 Å². The summed E-state index contributed by atoms with van der Waals surface area (Å²) in [4.78, 5) is 4.18. The minimum Gasteiger partial charge on any atom is -0.333 e. The zero-order valence-electron chi connectivity index (χ0n) is 10.5. The lowest BCUT2D eigenvalue weighted by Gasteiger charge is -2.07. The highest BCUT2D eigenvalue weighted by atomic mass is 79.9. The maximum atomic E-state index is 13.8. The van der Waals surface area contributed by atoms with E-state index >= 15 is 0 Å². The molecule has 0 unspecified atom stereocenters. The van der Waals surface area contributed by atoms with Crippen LogP contribution < -0.4 is 5.32 Å². The van der Waals surface area contributed by atoms with E-state index in [9.17, 15) is 8.78 Å². The zero-order valence-corrected chi connectivity index (χ0v) is 12.0. The summed E-state index contributed by atoms with van der Waals surface area (Å²) >= 11 is 3.06. The molecular formula is C13H14BrF2N3. The fourth-order valence-corrected chi connectivity index (χ4v) is 2.11. The third-order valence-corrected chi connectivity index (χ3v) is 3.33. The highest BCUT2D eigenvalue weighted by Gasteiger charge is 2.13. The van der Waals surface area contributed by atoms with Gasteiger partial charge in [0.2, 0.25) is 0 Å². The van der Waals surface area contributed by atoms with E-state index in [1.807, 2.05) is 6.92 Å². The van der Waals surface area contributed by atoms with E-state index in [1.54, 1.807) is 17.1 Å². The molecule has 0 atom stereocenters. The van der Waals surface area contributed by atoms with Crippen molar-refractivity contribution in [2.24, 2.45) is 0 Å². The minimum atomic E-state index is -0.568. The van der Waals surface area contributed by atoms with Gasteiger partial charge in [-0.05, 0) is 34.6 Å². The summed E-state index contributed by atoms with van der Waals surface area (Å²) in [5, 5.41) is 3.14. The first kappa shape index (κ1) is 14.1. The molecule has 0 aliphatic rings. The Hall–Kier alpha value is -1.27. The molecule has 0 saturated carbocycles. The van der Waals surface area contributed by atoms with Crippen LogP contribution in [-0.4, -0.2) is 16.1 Å². The van der Waals surface area contributed by atoms with Gasteiger partial charge in [0.15, 0.2) is 0 Å². The normalized spacial score (nSPS) is 10.9. The first-order valence-electron chi connectivity index (χ1n) is 5.95. The van der Waals surface area contributed by atoms with Gasteiger partial charge in [0.1, 0.15) is 11.6 Å². The molecule has 0 amide bonds. The summed E-state index contributed by atoms with van der Waals surface area (Å²) in [6.07, 6.45) is 3.36. The monoisotopic (exact) mass is 329 g/mol. The van der Waals surface area contributed by atoms with Crippen LogP contribution in [0.25, 0.3) is 0 Å². The first-order chi connectivity index (χ1) is 9.11. The molecule has 6 heteroatoms. The van der Waals surface area contributed by atoms with Crippen LogP contribution in [0.3, 0.4) is 0 Å². The van der Waals surface area contributed by atoms with E-state index < -0.39 is 11.6 Å². The predicted octanol–water partition coefficient (Wildman–Crippen LogP) is 3.08. The highest BCUT2D eigenvalue weighted by molar-refractivity contribution is 9.10. The van der Waals surface area contributed by atoms with Crippen molar-refractivity contribution in [3.05, 3.63) is 52.0 Å². The average Bonchev–Trinajstić information content (AvgIpc) is 2.84. The lowest BCUT2D eigenvalue weighted by atomic mass is 10.2. The van der Waals surface area contributed by atoms with E-state index in [4.69, 9.17) is 0 Å². The van der Waals surface area contributed by atoms with Crippen molar-refractivity contribution in [1.29, 1.82) is 0 Å². The molecule has 0 fully saturated rings. The van der Waals surface area contributed by atoms with E-state index in [2.05, 4.69) is 26.2 Å². The van der Waals surface area contributed by atoms with Crippen molar-refractivity contribution >= 4 is 15.9 Å². The summed E-state index contributed by atoms with van der Waals surface area (Å²) < 4.78 is 29.4. The summed E-state index contributed by atoms with van der Waals surface area (Å²) in [5.41, 5.74) is 0.874. The number of hydrogen-bond donors (Lipinski definition) is 1. The first-order valence-corrected chi connectivity index (χ1v) is 6.75. The molecule has 1 heterocycles. The molecule has 0 aliphatic carbocycles. The number of hydrogen-bond acceptors (Lipinski definition) is 2. The molecule has 0 saturated heterocycles. The summed E-state index contributed by atoms with van der Waals surface area (Å²) in [6.45, 7) is 3.62. The number of aromatic nitrogens is 2. The number of rotatable bonds is 5. The van der Waals surface area contributed by atoms with Crippen molar-refractivity contribution in [2.45, 2.75) is 20.0 Å². The predicted molar refractivity (Wildman–Crippen MR) is 72.8 cm³/mol. The maximum absolute atomic E-state index is 13.8. The Labute approximate surface area is 118 Å². The molecule has 0 bridgehead atoms. The number of imidazole rings is 1. The van der Waals surface area contributed by atoms with Crippen LogP contribution in [0.1, 0.15) is 18.2 Å². The Bertz CT molecular complexity index is 569. The standard InChI is InChI=1S/C13H14BrF2N3/c1-2-17-5-9-6-19(8-18-9)7-10-12(15)4-3-11(14)13(10)16/h3-4,6,8,17H,2,5,7H2,1H3. The Balaban J connectivity index is 2.17. The maximum Gasteiger partial charge on any atom is 0.145 e. The van der Waals surface area contributed by atoms with Crippen molar-refractivity contribution < 1.29 is 8.78 Å². The third kappa shape index (κ3) is 3.39. The van der Waals surface area contributed by atoms with Gasteiger partial charge in [-0.1, -0.05) is 6.92 Å². The van der Waals surface area contributed by atoms with Gasteiger partial charge < -0.3 is 9.88 Å². The van der Waals surface area contributed by atoms with Crippen LogP contribution >= 0.6 is 15.9 Å². The molecule has 1 aromatic carbocycles. The van der Waals surface area contributed by atoms with Gasteiger partial charge in [-0.2, -0.15) is 0 Å². The number of halogens is 3. The fraction of sp³-hybridized carbons (Fsp3) is 0.308. The molecule has 3 nitrogen and oxygen atoms in total. The van der Waals surface area contributed by atoms with Gasteiger partial charge >= 0.3 is 0 Å². The molecule has 0 radical (unpaired) electrons. The number of benzene rings is 1.